The number of hydrogen-bond acceptors (Lipinski definition) is 5. The summed E-state index contributed by atoms with van der Waals surface area (Å²) in [6, 6.07) is 5.87. The SMILES string of the molecule is CCNC(=NCc1ccc2c(c1)OCO2)NCc1nncn1CC. The van der Waals surface area contributed by atoms with E-state index in [9.17, 15) is 0 Å². The van der Waals surface area contributed by atoms with Crippen LogP contribution in [0.1, 0.15) is 25.2 Å². The Labute approximate surface area is 140 Å². The molecule has 128 valence electrons. The Balaban J connectivity index is 1.63. The van der Waals surface area contributed by atoms with Crippen molar-refractivity contribution < 1.29 is 9.47 Å². The highest BCUT2D eigenvalue weighted by Crippen LogP contribution is 2.32. The first-order chi connectivity index (χ1) is 11.8. The zero-order valence-corrected chi connectivity index (χ0v) is 14.0. The third kappa shape index (κ3) is 3.76. The minimum absolute atomic E-state index is 0.282. The van der Waals surface area contributed by atoms with Gasteiger partial charge in [0.2, 0.25) is 6.79 Å². The van der Waals surface area contributed by atoms with Gasteiger partial charge in [0.05, 0.1) is 13.1 Å². The van der Waals surface area contributed by atoms with E-state index in [1.54, 1.807) is 6.33 Å². The van der Waals surface area contributed by atoms with Crippen LogP contribution in [0, 0.1) is 0 Å². The van der Waals surface area contributed by atoms with Crippen molar-refractivity contribution in [1.82, 2.24) is 25.4 Å². The molecule has 8 nitrogen and oxygen atoms in total. The Hall–Kier alpha value is -2.77. The molecule has 1 aliphatic heterocycles. The lowest BCUT2D eigenvalue weighted by Gasteiger charge is -2.11. The molecular formula is C16H22N6O2. The second-order valence-corrected chi connectivity index (χ2v) is 5.27. The van der Waals surface area contributed by atoms with Gasteiger partial charge in [0.15, 0.2) is 23.3 Å². The number of aromatic nitrogens is 3. The standard InChI is InChI=1S/C16H22N6O2/c1-3-17-16(19-9-15-21-20-10-22(15)4-2)18-8-12-5-6-13-14(7-12)24-11-23-13/h5-7,10H,3-4,8-9,11H2,1-2H3,(H2,17,18,19). The van der Waals surface area contributed by atoms with Crippen molar-refractivity contribution >= 4 is 5.96 Å². The highest BCUT2D eigenvalue weighted by atomic mass is 16.7. The first-order valence-electron chi connectivity index (χ1n) is 8.07. The molecule has 8 heteroatoms. The van der Waals surface area contributed by atoms with E-state index >= 15 is 0 Å². The fraction of sp³-hybridized carbons (Fsp3) is 0.438. The largest absolute Gasteiger partial charge is 0.454 e. The third-order valence-corrected chi connectivity index (χ3v) is 3.65. The zero-order valence-electron chi connectivity index (χ0n) is 14.0. The van der Waals surface area contributed by atoms with Crippen LogP contribution < -0.4 is 20.1 Å². The van der Waals surface area contributed by atoms with Crippen molar-refractivity contribution in [3.63, 3.8) is 0 Å². The minimum atomic E-state index is 0.282. The molecule has 24 heavy (non-hydrogen) atoms. The van der Waals surface area contributed by atoms with Gasteiger partial charge in [0, 0.05) is 13.1 Å². The maximum absolute atomic E-state index is 5.40. The average Bonchev–Trinajstić information content (AvgIpc) is 3.25. The summed E-state index contributed by atoms with van der Waals surface area (Å²) in [7, 11) is 0. The van der Waals surface area contributed by atoms with Crippen LogP contribution in [-0.4, -0.2) is 34.1 Å². The normalized spacial score (nSPS) is 13.2. The number of aliphatic imine (C=N–C) groups is 1. The van der Waals surface area contributed by atoms with Gasteiger partial charge < -0.3 is 24.7 Å². The lowest BCUT2D eigenvalue weighted by molar-refractivity contribution is 0.174. The highest BCUT2D eigenvalue weighted by Gasteiger charge is 2.13. The number of guanidine groups is 1. The molecule has 1 aromatic carbocycles. The molecular weight excluding hydrogens is 308 g/mol. The summed E-state index contributed by atoms with van der Waals surface area (Å²) >= 11 is 0. The topological polar surface area (TPSA) is 85.6 Å². The quantitative estimate of drug-likeness (QED) is 0.613. The summed E-state index contributed by atoms with van der Waals surface area (Å²) in [5.74, 6) is 3.18. The maximum atomic E-state index is 5.40. The van der Waals surface area contributed by atoms with Crippen LogP contribution in [0.15, 0.2) is 29.5 Å². The molecule has 0 amide bonds. The zero-order chi connectivity index (χ0) is 16.8. The van der Waals surface area contributed by atoms with Gasteiger partial charge in [0.1, 0.15) is 6.33 Å². The van der Waals surface area contributed by atoms with E-state index in [1.807, 2.05) is 29.7 Å². The number of ether oxygens (including phenoxy) is 2. The Morgan fingerprint density at radius 1 is 1.25 bits per heavy atom. The predicted octanol–water partition coefficient (Wildman–Crippen LogP) is 1.28. The number of nitrogens with zero attached hydrogens (tertiary/aromatic N) is 4. The minimum Gasteiger partial charge on any atom is -0.454 e. The Bertz CT molecular complexity index is 712. The van der Waals surface area contributed by atoms with Gasteiger partial charge >= 0.3 is 0 Å². The molecule has 0 aliphatic carbocycles. The van der Waals surface area contributed by atoms with Gasteiger partial charge in [-0.05, 0) is 31.5 Å². The molecule has 0 spiro atoms. The summed E-state index contributed by atoms with van der Waals surface area (Å²) in [5, 5.41) is 14.6. The Kier molecular flexibility index (Phi) is 5.15. The van der Waals surface area contributed by atoms with Crippen molar-refractivity contribution in [2.45, 2.75) is 33.5 Å². The van der Waals surface area contributed by atoms with Crippen molar-refractivity contribution in [3.05, 3.63) is 35.9 Å². The molecule has 1 aliphatic rings. The molecule has 0 bridgehead atoms. The van der Waals surface area contributed by atoms with E-state index in [4.69, 9.17) is 9.47 Å². The van der Waals surface area contributed by atoms with E-state index in [1.165, 1.54) is 0 Å². The van der Waals surface area contributed by atoms with Gasteiger partial charge in [-0.25, -0.2) is 4.99 Å². The van der Waals surface area contributed by atoms with Crippen LogP contribution in [0.4, 0.5) is 0 Å². The first kappa shape index (κ1) is 16.1. The number of fused-ring (bicyclic) bond motifs is 1. The lowest BCUT2D eigenvalue weighted by Crippen LogP contribution is -2.37. The smallest absolute Gasteiger partial charge is 0.231 e. The van der Waals surface area contributed by atoms with Gasteiger partial charge in [-0.2, -0.15) is 0 Å². The Morgan fingerprint density at radius 2 is 2.12 bits per heavy atom. The fourth-order valence-electron chi connectivity index (χ4n) is 2.39. The second kappa shape index (κ2) is 7.67. The molecule has 0 radical (unpaired) electrons. The monoisotopic (exact) mass is 330 g/mol. The van der Waals surface area contributed by atoms with Crippen LogP contribution in [0.5, 0.6) is 11.5 Å². The van der Waals surface area contributed by atoms with Crippen LogP contribution in [0.3, 0.4) is 0 Å². The molecule has 2 aromatic rings. The molecule has 2 N–H and O–H groups in total. The molecule has 0 saturated heterocycles. The van der Waals surface area contributed by atoms with E-state index in [2.05, 4.69) is 32.7 Å². The van der Waals surface area contributed by atoms with Gasteiger partial charge in [0.25, 0.3) is 0 Å². The fourth-order valence-corrected chi connectivity index (χ4v) is 2.39. The van der Waals surface area contributed by atoms with Crippen LogP contribution >= 0.6 is 0 Å². The van der Waals surface area contributed by atoms with E-state index in [0.29, 0.717) is 13.1 Å². The number of aryl methyl sites for hydroxylation is 1. The summed E-state index contributed by atoms with van der Waals surface area (Å²) in [4.78, 5) is 4.60. The second-order valence-electron chi connectivity index (χ2n) is 5.27. The number of benzene rings is 1. The van der Waals surface area contributed by atoms with E-state index in [-0.39, 0.29) is 6.79 Å². The lowest BCUT2D eigenvalue weighted by atomic mass is 10.2. The molecule has 0 saturated carbocycles. The molecule has 2 heterocycles. The number of hydrogen-bond donors (Lipinski definition) is 2. The molecule has 0 atom stereocenters. The number of nitrogens with one attached hydrogen (secondary N) is 2. The number of rotatable bonds is 6. The Morgan fingerprint density at radius 3 is 2.96 bits per heavy atom. The summed E-state index contributed by atoms with van der Waals surface area (Å²) in [6.45, 7) is 7.12. The summed E-state index contributed by atoms with van der Waals surface area (Å²) in [5.41, 5.74) is 1.06. The van der Waals surface area contributed by atoms with Gasteiger partial charge in [-0.15, -0.1) is 10.2 Å². The van der Waals surface area contributed by atoms with Crippen molar-refractivity contribution in [2.24, 2.45) is 4.99 Å². The molecule has 3 rings (SSSR count). The van der Waals surface area contributed by atoms with Gasteiger partial charge in [-0.3, -0.25) is 0 Å². The van der Waals surface area contributed by atoms with Crippen molar-refractivity contribution in [2.75, 3.05) is 13.3 Å². The van der Waals surface area contributed by atoms with Crippen LogP contribution in [-0.2, 0) is 19.6 Å². The molecule has 1 aromatic heterocycles. The van der Waals surface area contributed by atoms with Crippen LogP contribution in [0.25, 0.3) is 0 Å². The average molecular weight is 330 g/mol. The third-order valence-electron chi connectivity index (χ3n) is 3.65. The van der Waals surface area contributed by atoms with Crippen molar-refractivity contribution in [1.29, 1.82) is 0 Å². The molecule has 0 unspecified atom stereocenters. The summed E-state index contributed by atoms with van der Waals surface area (Å²) < 4.78 is 12.7. The highest BCUT2D eigenvalue weighted by molar-refractivity contribution is 5.79. The maximum Gasteiger partial charge on any atom is 0.231 e. The summed E-state index contributed by atoms with van der Waals surface area (Å²) in [6.07, 6.45) is 1.73. The van der Waals surface area contributed by atoms with Crippen LogP contribution in [0.2, 0.25) is 0 Å². The molecule has 0 fully saturated rings. The first-order valence-corrected chi connectivity index (χ1v) is 8.07. The van der Waals surface area contributed by atoms with E-state index in [0.717, 1.165) is 41.9 Å². The van der Waals surface area contributed by atoms with E-state index < -0.39 is 0 Å². The predicted molar refractivity (Wildman–Crippen MR) is 89.9 cm³/mol. The van der Waals surface area contributed by atoms with Gasteiger partial charge in [-0.1, -0.05) is 6.07 Å². The van der Waals surface area contributed by atoms with Crippen molar-refractivity contribution in [3.8, 4) is 11.5 Å².